The number of para-hydroxylation sites is 1. The van der Waals surface area contributed by atoms with Gasteiger partial charge in [-0.25, -0.2) is 0 Å². The quantitative estimate of drug-likeness (QED) is 0.377. The minimum absolute atomic E-state index is 0.136. The largest absolute Gasteiger partial charge is 0.496 e. The van der Waals surface area contributed by atoms with E-state index in [0.717, 1.165) is 21.3 Å². The molecule has 1 N–H and O–H groups in total. The van der Waals surface area contributed by atoms with E-state index in [9.17, 15) is 9.59 Å². The van der Waals surface area contributed by atoms with Gasteiger partial charge in [0, 0.05) is 29.1 Å². The van der Waals surface area contributed by atoms with Gasteiger partial charge in [-0.2, -0.15) is 0 Å². The molecule has 0 radical (unpaired) electrons. The Balaban J connectivity index is 1.45. The normalized spacial score (nSPS) is 17.5. The van der Waals surface area contributed by atoms with Crippen molar-refractivity contribution in [2.75, 3.05) is 13.7 Å². The van der Waals surface area contributed by atoms with Crippen LogP contribution in [-0.2, 0) is 24.3 Å². The molecular weight excluding hydrogens is 482 g/mol. The highest BCUT2D eigenvalue weighted by Crippen LogP contribution is 2.35. The summed E-state index contributed by atoms with van der Waals surface area (Å²) in [5.41, 5.74) is 1.50. The third-order valence-electron chi connectivity index (χ3n) is 6.69. The summed E-state index contributed by atoms with van der Waals surface area (Å²) in [5.74, 6) is 0.380. The number of nitrogens with one attached hydrogen (secondary N) is 1. The lowest BCUT2D eigenvalue weighted by Crippen LogP contribution is -2.64. The molecule has 1 aliphatic heterocycles. The molecule has 0 bridgehead atoms. The number of carbonyl (C=O) groups excluding carboxylic acids is 2. The predicted molar refractivity (Wildman–Crippen MR) is 139 cm³/mol. The van der Waals surface area contributed by atoms with Crippen LogP contribution in [0.25, 0.3) is 10.2 Å². The number of rotatable bonds is 7. The monoisotopic (exact) mass is 507 g/mol. The predicted octanol–water partition coefficient (Wildman–Crippen LogP) is 5.14. The minimum atomic E-state index is -1.06. The molecule has 5 rings (SSSR count). The number of ether oxygens (including phenoxy) is 1. The Kier molecular flexibility index (Phi) is 6.30. The summed E-state index contributed by atoms with van der Waals surface area (Å²) in [6.07, 6.45) is 0.618. The number of benzene rings is 2. The molecular formula is C27H26ClN3O3S. The van der Waals surface area contributed by atoms with Crippen LogP contribution in [0.1, 0.15) is 28.5 Å². The fourth-order valence-corrected chi connectivity index (χ4v) is 5.74. The second-order valence-corrected chi connectivity index (χ2v) is 10.2. The van der Waals surface area contributed by atoms with E-state index in [1.165, 1.54) is 0 Å². The van der Waals surface area contributed by atoms with Crippen molar-refractivity contribution in [1.29, 1.82) is 0 Å². The molecule has 0 spiro atoms. The molecule has 2 amide bonds. The van der Waals surface area contributed by atoms with Gasteiger partial charge in [0.05, 0.1) is 13.7 Å². The molecule has 2 aromatic carbocycles. The summed E-state index contributed by atoms with van der Waals surface area (Å²) in [4.78, 5) is 30.2. The van der Waals surface area contributed by atoms with E-state index in [0.29, 0.717) is 42.5 Å². The Morgan fingerprint density at radius 2 is 1.94 bits per heavy atom. The van der Waals surface area contributed by atoms with Gasteiger partial charge in [0.2, 0.25) is 5.91 Å². The Morgan fingerprint density at radius 1 is 1.17 bits per heavy atom. The number of carbonyl (C=O) groups is 2. The smallest absolute Gasteiger partial charge is 0.271 e. The first-order chi connectivity index (χ1) is 16.9. The summed E-state index contributed by atoms with van der Waals surface area (Å²) in [6, 6.07) is 19.1. The van der Waals surface area contributed by atoms with Crippen LogP contribution < -0.4 is 10.1 Å². The van der Waals surface area contributed by atoms with Crippen LogP contribution in [0.5, 0.6) is 5.75 Å². The molecule has 1 atom stereocenters. The van der Waals surface area contributed by atoms with E-state index in [1.807, 2.05) is 77.5 Å². The molecule has 6 nitrogen and oxygen atoms in total. The summed E-state index contributed by atoms with van der Waals surface area (Å²) in [5, 5.41) is 6.76. The molecule has 2 aromatic heterocycles. The molecule has 180 valence electrons. The number of halogens is 1. The summed E-state index contributed by atoms with van der Waals surface area (Å²) in [7, 11) is 1.61. The lowest BCUT2D eigenvalue weighted by atomic mass is 9.94. The van der Waals surface area contributed by atoms with Crippen molar-refractivity contribution in [2.24, 2.45) is 0 Å². The van der Waals surface area contributed by atoms with Gasteiger partial charge < -0.3 is 19.5 Å². The highest BCUT2D eigenvalue weighted by atomic mass is 35.5. The third kappa shape index (κ3) is 4.30. The number of hydrogen-bond donors (Lipinski definition) is 1. The van der Waals surface area contributed by atoms with Gasteiger partial charge in [-0.1, -0.05) is 41.9 Å². The SMILES string of the molecule is COc1ccccc1CNC(=O)[C@@]1(C)Cn2c(cc3ccsc32)C(=O)N1CCc1ccc(Cl)cc1. The molecule has 35 heavy (non-hydrogen) atoms. The molecule has 8 heteroatoms. The number of aromatic nitrogens is 1. The lowest BCUT2D eigenvalue weighted by Gasteiger charge is -2.44. The van der Waals surface area contributed by atoms with Crippen LogP contribution >= 0.6 is 22.9 Å². The Morgan fingerprint density at radius 3 is 2.71 bits per heavy atom. The first-order valence-electron chi connectivity index (χ1n) is 11.4. The maximum absolute atomic E-state index is 13.7. The first-order valence-corrected chi connectivity index (χ1v) is 12.7. The fourth-order valence-electron chi connectivity index (χ4n) is 4.71. The van der Waals surface area contributed by atoms with E-state index in [-0.39, 0.29) is 11.8 Å². The molecule has 0 unspecified atom stereocenters. The van der Waals surface area contributed by atoms with Gasteiger partial charge in [-0.3, -0.25) is 9.59 Å². The highest BCUT2D eigenvalue weighted by molar-refractivity contribution is 7.16. The molecule has 3 heterocycles. The van der Waals surface area contributed by atoms with Crippen LogP contribution in [-0.4, -0.2) is 40.5 Å². The highest BCUT2D eigenvalue weighted by Gasteiger charge is 2.47. The molecule has 0 saturated heterocycles. The van der Waals surface area contributed by atoms with E-state index in [2.05, 4.69) is 5.32 Å². The lowest BCUT2D eigenvalue weighted by molar-refractivity contribution is -0.133. The van der Waals surface area contributed by atoms with E-state index < -0.39 is 5.54 Å². The van der Waals surface area contributed by atoms with Crippen LogP contribution in [0, 0.1) is 0 Å². The third-order valence-corrected chi connectivity index (χ3v) is 7.89. The minimum Gasteiger partial charge on any atom is -0.496 e. The van der Waals surface area contributed by atoms with Crippen molar-refractivity contribution >= 4 is 45.0 Å². The molecule has 1 aliphatic rings. The average molecular weight is 508 g/mol. The second kappa shape index (κ2) is 9.40. The Bertz CT molecular complexity index is 1390. The van der Waals surface area contributed by atoms with Gasteiger partial charge in [0.15, 0.2) is 0 Å². The maximum Gasteiger partial charge on any atom is 0.271 e. The van der Waals surface area contributed by atoms with Crippen molar-refractivity contribution in [3.63, 3.8) is 0 Å². The van der Waals surface area contributed by atoms with Gasteiger partial charge in [0.1, 0.15) is 21.8 Å². The summed E-state index contributed by atoms with van der Waals surface area (Å²) in [6.45, 7) is 2.96. The van der Waals surface area contributed by atoms with Gasteiger partial charge in [0.25, 0.3) is 5.91 Å². The van der Waals surface area contributed by atoms with Crippen LogP contribution in [0.2, 0.25) is 5.02 Å². The molecule has 0 aliphatic carbocycles. The van der Waals surface area contributed by atoms with Crippen molar-refractivity contribution < 1.29 is 14.3 Å². The molecule has 4 aromatic rings. The first kappa shape index (κ1) is 23.5. The van der Waals surface area contributed by atoms with Crippen LogP contribution in [0.3, 0.4) is 0 Å². The standard InChI is InChI=1S/C27H26ClN3O3S/c1-27(26(33)29-16-20-5-3-4-6-23(20)34-2)17-30-22(15-19-12-14-35-25(19)30)24(32)31(27)13-11-18-7-9-21(28)10-8-18/h3-10,12,14-15H,11,13,16-17H2,1-2H3,(H,29,33)/t27-/m1/s1. The number of nitrogens with zero attached hydrogens (tertiary/aromatic N) is 2. The van der Waals surface area contributed by atoms with Gasteiger partial charge in [-0.05, 0) is 54.6 Å². The van der Waals surface area contributed by atoms with Crippen molar-refractivity contribution in [2.45, 2.75) is 32.0 Å². The van der Waals surface area contributed by atoms with E-state index >= 15 is 0 Å². The van der Waals surface area contributed by atoms with Gasteiger partial charge in [-0.15, -0.1) is 11.3 Å². The van der Waals surface area contributed by atoms with Crippen LogP contribution in [0.4, 0.5) is 0 Å². The summed E-state index contributed by atoms with van der Waals surface area (Å²) < 4.78 is 7.42. The zero-order valence-electron chi connectivity index (χ0n) is 19.6. The van der Waals surface area contributed by atoms with Crippen molar-refractivity contribution in [3.8, 4) is 5.75 Å². The van der Waals surface area contributed by atoms with E-state index in [1.54, 1.807) is 23.3 Å². The topological polar surface area (TPSA) is 63.6 Å². The Labute approximate surface area is 213 Å². The fraction of sp³-hybridized carbons (Fsp3) is 0.259. The number of thiophene rings is 1. The second-order valence-electron chi connectivity index (χ2n) is 8.90. The zero-order valence-corrected chi connectivity index (χ0v) is 21.2. The molecule has 0 fully saturated rings. The molecule has 0 saturated carbocycles. The Hall–Kier alpha value is -3.29. The van der Waals surface area contributed by atoms with E-state index in [4.69, 9.17) is 16.3 Å². The van der Waals surface area contributed by atoms with Crippen LogP contribution in [0.15, 0.2) is 66.0 Å². The number of fused-ring (bicyclic) bond motifs is 3. The number of hydrogen-bond acceptors (Lipinski definition) is 4. The number of methoxy groups -OCH3 is 1. The van der Waals surface area contributed by atoms with Gasteiger partial charge >= 0.3 is 0 Å². The summed E-state index contributed by atoms with van der Waals surface area (Å²) >= 11 is 7.62. The zero-order chi connectivity index (χ0) is 24.6. The number of amides is 2. The maximum atomic E-state index is 13.7. The van der Waals surface area contributed by atoms with Crippen molar-refractivity contribution in [1.82, 2.24) is 14.8 Å². The average Bonchev–Trinajstić information content (AvgIpc) is 3.46. The van der Waals surface area contributed by atoms with Crippen molar-refractivity contribution in [3.05, 3.63) is 87.9 Å².